The maximum atomic E-state index is 5.36. The first kappa shape index (κ1) is 18.2. The van der Waals surface area contributed by atoms with E-state index in [9.17, 15) is 0 Å². The molecule has 1 aromatic heterocycles. The summed E-state index contributed by atoms with van der Waals surface area (Å²) in [6.45, 7) is 11.5. The van der Waals surface area contributed by atoms with E-state index in [2.05, 4.69) is 39.4 Å². The van der Waals surface area contributed by atoms with E-state index in [1.807, 2.05) is 6.20 Å². The Labute approximate surface area is 143 Å². The molecule has 2 rings (SSSR count). The van der Waals surface area contributed by atoms with Gasteiger partial charge < -0.3 is 15.4 Å². The highest BCUT2D eigenvalue weighted by Crippen LogP contribution is 2.13. The summed E-state index contributed by atoms with van der Waals surface area (Å²) in [5, 5.41) is 7.89. The summed E-state index contributed by atoms with van der Waals surface area (Å²) in [4.78, 5) is 12.9. The van der Waals surface area contributed by atoms with E-state index in [1.54, 1.807) is 11.3 Å². The number of aryl methyl sites for hydroxylation is 1. The molecule has 1 aliphatic heterocycles. The number of aliphatic imine (C=N–C) groups is 1. The zero-order chi connectivity index (χ0) is 16.3. The quantitative estimate of drug-likeness (QED) is 0.549. The van der Waals surface area contributed by atoms with E-state index in [0.29, 0.717) is 0 Å². The van der Waals surface area contributed by atoms with Gasteiger partial charge in [0.25, 0.3) is 0 Å². The highest BCUT2D eigenvalue weighted by molar-refractivity contribution is 7.11. The van der Waals surface area contributed by atoms with Crippen molar-refractivity contribution in [1.29, 1.82) is 0 Å². The van der Waals surface area contributed by atoms with Crippen LogP contribution in [0.2, 0.25) is 0 Å². The van der Waals surface area contributed by atoms with Gasteiger partial charge in [-0.15, -0.1) is 11.3 Å². The second-order valence-corrected chi connectivity index (χ2v) is 6.67. The summed E-state index contributed by atoms with van der Waals surface area (Å²) in [6.07, 6.45) is 4.00. The van der Waals surface area contributed by atoms with Gasteiger partial charge in [-0.25, -0.2) is 4.98 Å². The summed E-state index contributed by atoms with van der Waals surface area (Å²) in [5.41, 5.74) is 0. The van der Waals surface area contributed by atoms with Crippen LogP contribution in [0.25, 0.3) is 0 Å². The lowest BCUT2D eigenvalue weighted by molar-refractivity contribution is 0.0394. The molecule has 7 heteroatoms. The first-order valence-corrected chi connectivity index (χ1v) is 9.39. The van der Waals surface area contributed by atoms with Crippen LogP contribution in [0.4, 0.5) is 0 Å². The maximum absolute atomic E-state index is 5.36. The van der Waals surface area contributed by atoms with Crippen molar-refractivity contribution in [2.45, 2.75) is 26.7 Å². The van der Waals surface area contributed by atoms with Crippen molar-refractivity contribution >= 4 is 17.3 Å². The lowest BCUT2D eigenvalue weighted by atomic mass is 10.4. The molecule has 130 valence electrons. The molecule has 2 heterocycles. The fourth-order valence-electron chi connectivity index (χ4n) is 2.38. The minimum atomic E-state index is 0.812. The van der Waals surface area contributed by atoms with Crippen LogP contribution in [0.15, 0.2) is 11.2 Å². The van der Waals surface area contributed by atoms with E-state index in [0.717, 1.165) is 71.3 Å². The van der Waals surface area contributed by atoms with Crippen LogP contribution in [0.1, 0.15) is 23.7 Å². The van der Waals surface area contributed by atoms with Crippen LogP contribution in [-0.4, -0.2) is 68.3 Å². The van der Waals surface area contributed by atoms with Gasteiger partial charge in [-0.05, 0) is 13.3 Å². The lowest BCUT2D eigenvalue weighted by Gasteiger charge is -2.25. The van der Waals surface area contributed by atoms with E-state index >= 15 is 0 Å². The van der Waals surface area contributed by atoms with Gasteiger partial charge in [0, 0.05) is 50.2 Å². The number of rotatable bonds is 8. The average molecular weight is 340 g/mol. The van der Waals surface area contributed by atoms with Gasteiger partial charge in [-0.3, -0.25) is 9.89 Å². The van der Waals surface area contributed by atoms with E-state index in [1.165, 1.54) is 9.88 Å². The molecule has 0 aliphatic carbocycles. The van der Waals surface area contributed by atoms with Crippen molar-refractivity contribution in [2.24, 2.45) is 4.99 Å². The first-order chi connectivity index (χ1) is 11.3. The third-order valence-electron chi connectivity index (χ3n) is 3.72. The van der Waals surface area contributed by atoms with Gasteiger partial charge in [-0.1, -0.05) is 6.92 Å². The molecular formula is C16H29N5OS. The molecule has 1 aliphatic rings. The van der Waals surface area contributed by atoms with Crippen LogP contribution in [0, 0.1) is 0 Å². The zero-order valence-corrected chi connectivity index (χ0v) is 15.1. The Morgan fingerprint density at radius 3 is 2.87 bits per heavy atom. The molecule has 0 bridgehead atoms. The first-order valence-electron chi connectivity index (χ1n) is 8.57. The van der Waals surface area contributed by atoms with Crippen molar-refractivity contribution in [3.05, 3.63) is 16.1 Å². The van der Waals surface area contributed by atoms with Gasteiger partial charge in [0.15, 0.2) is 5.96 Å². The summed E-state index contributed by atoms with van der Waals surface area (Å²) in [6, 6.07) is 0. The van der Waals surface area contributed by atoms with Crippen LogP contribution < -0.4 is 10.6 Å². The monoisotopic (exact) mass is 339 g/mol. The molecule has 0 unspecified atom stereocenters. The number of nitrogens with zero attached hydrogens (tertiary/aromatic N) is 3. The third-order valence-corrected chi connectivity index (χ3v) is 4.92. The Balaban J connectivity index is 1.70. The number of morpholine rings is 1. The second kappa shape index (κ2) is 10.6. The van der Waals surface area contributed by atoms with Crippen LogP contribution in [-0.2, 0) is 17.6 Å². The van der Waals surface area contributed by atoms with Crippen molar-refractivity contribution in [3.8, 4) is 0 Å². The largest absolute Gasteiger partial charge is 0.379 e. The SMILES string of the molecule is CCNC(=NCCN1CCOCC1)NCCc1ncc(CC)s1. The van der Waals surface area contributed by atoms with E-state index < -0.39 is 0 Å². The Morgan fingerprint density at radius 1 is 1.35 bits per heavy atom. The summed E-state index contributed by atoms with van der Waals surface area (Å²) >= 11 is 1.80. The average Bonchev–Trinajstić information content (AvgIpc) is 3.04. The molecule has 0 atom stereocenters. The molecule has 1 aromatic rings. The van der Waals surface area contributed by atoms with Crippen LogP contribution >= 0.6 is 11.3 Å². The van der Waals surface area contributed by atoms with Gasteiger partial charge in [0.2, 0.25) is 0 Å². The normalized spacial score (nSPS) is 16.5. The number of aromatic nitrogens is 1. The second-order valence-electron chi connectivity index (χ2n) is 5.47. The molecule has 0 radical (unpaired) electrons. The van der Waals surface area contributed by atoms with E-state index in [-0.39, 0.29) is 0 Å². The molecule has 23 heavy (non-hydrogen) atoms. The van der Waals surface area contributed by atoms with E-state index in [4.69, 9.17) is 4.74 Å². The highest BCUT2D eigenvalue weighted by Gasteiger charge is 2.09. The van der Waals surface area contributed by atoms with Crippen LogP contribution in [0.5, 0.6) is 0 Å². The lowest BCUT2D eigenvalue weighted by Crippen LogP contribution is -2.40. The van der Waals surface area contributed by atoms with Gasteiger partial charge in [0.1, 0.15) is 0 Å². The van der Waals surface area contributed by atoms with Gasteiger partial charge in [0.05, 0.1) is 24.8 Å². The standard InChI is InChI=1S/C16H29N5OS/c1-3-14-13-20-15(23-14)5-6-18-16(17-4-2)19-7-8-21-9-11-22-12-10-21/h13H,3-12H2,1-2H3,(H2,17,18,19). The number of thiazole rings is 1. The number of guanidine groups is 1. The predicted octanol–water partition coefficient (Wildman–Crippen LogP) is 1.14. The molecule has 0 saturated carbocycles. The number of hydrogen-bond donors (Lipinski definition) is 2. The topological polar surface area (TPSA) is 61.8 Å². The van der Waals surface area contributed by atoms with Crippen molar-refractivity contribution in [3.63, 3.8) is 0 Å². The van der Waals surface area contributed by atoms with Gasteiger partial charge >= 0.3 is 0 Å². The molecular weight excluding hydrogens is 310 g/mol. The van der Waals surface area contributed by atoms with Crippen molar-refractivity contribution in [1.82, 2.24) is 20.5 Å². The molecule has 2 N–H and O–H groups in total. The molecule has 0 spiro atoms. The molecule has 0 aromatic carbocycles. The van der Waals surface area contributed by atoms with Crippen LogP contribution in [0.3, 0.4) is 0 Å². The number of hydrogen-bond acceptors (Lipinski definition) is 5. The minimum Gasteiger partial charge on any atom is -0.379 e. The summed E-state index contributed by atoms with van der Waals surface area (Å²) in [7, 11) is 0. The molecule has 1 fully saturated rings. The predicted molar refractivity (Wildman–Crippen MR) is 96.4 cm³/mol. The minimum absolute atomic E-state index is 0.812. The zero-order valence-electron chi connectivity index (χ0n) is 14.3. The summed E-state index contributed by atoms with van der Waals surface area (Å²) < 4.78 is 5.36. The number of ether oxygens (including phenoxy) is 1. The fourth-order valence-corrected chi connectivity index (χ4v) is 3.25. The van der Waals surface area contributed by atoms with Crippen molar-refractivity contribution in [2.75, 3.05) is 52.5 Å². The Bertz CT molecular complexity index is 471. The maximum Gasteiger partial charge on any atom is 0.191 e. The van der Waals surface area contributed by atoms with Gasteiger partial charge in [-0.2, -0.15) is 0 Å². The number of nitrogens with one attached hydrogen (secondary N) is 2. The Morgan fingerprint density at radius 2 is 2.17 bits per heavy atom. The molecule has 6 nitrogen and oxygen atoms in total. The van der Waals surface area contributed by atoms with Crippen molar-refractivity contribution < 1.29 is 4.74 Å². The molecule has 0 amide bonds. The fraction of sp³-hybridized carbons (Fsp3) is 0.750. The Hall–Kier alpha value is -1.18. The third kappa shape index (κ3) is 6.85. The smallest absolute Gasteiger partial charge is 0.191 e. The molecule has 1 saturated heterocycles. The summed E-state index contributed by atoms with van der Waals surface area (Å²) in [5.74, 6) is 0.896. The Kier molecular flexibility index (Phi) is 8.35. The highest BCUT2D eigenvalue weighted by atomic mass is 32.1.